The average molecular weight is 398 g/mol. The molecule has 0 radical (unpaired) electrons. The zero-order valence-corrected chi connectivity index (χ0v) is 16.5. The lowest BCUT2D eigenvalue weighted by atomic mass is 9.98. The molecule has 4 amide bonds. The van der Waals surface area contributed by atoms with Gasteiger partial charge in [0, 0.05) is 29.6 Å². The molecule has 7 nitrogen and oxygen atoms in total. The van der Waals surface area contributed by atoms with Gasteiger partial charge in [-0.15, -0.1) is 11.3 Å². The van der Waals surface area contributed by atoms with Crippen LogP contribution in [0.3, 0.4) is 0 Å². The molecule has 1 saturated heterocycles. The molecule has 2 N–H and O–H groups in total. The summed E-state index contributed by atoms with van der Waals surface area (Å²) in [4.78, 5) is 42.6. The first-order valence-corrected chi connectivity index (χ1v) is 10.3. The Morgan fingerprint density at radius 1 is 1.25 bits per heavy atom. The minimum Gasteiger partial charge on any atom is -0.326 e. The largest absolute Gasteiger partial charge is 0.326 e. The Hall–Kier alpha value is -2.74. The summed E-state index contributed by atoms with van der Waals surface area (Å²) >= 11 is 1.59. The summed E-state index contributed by atoms with van der Waals surface area (Å²) in [5, 5.41) is 8.65. The molecule has 0 unspecified atom stereocenters. The fraction of sp³-hybridized carbons (Fsp3) is 0.400. The summed E-state index contributed by atoms with van der Waals surface area (Å²) in [7, 11) is 0. The number of rotatable bonds is 5. The van der Waals surface area contributed by atoms with Gasteiger partial charge in [-0.05, 0) is 31.9 Å². The molecular weight excluding hydrogens is 376 g/mol. The minimum atomic E-state index is -0.725. The van der Waals surface area contributed by atoms with Crippen LogP contribution in [0.2, 0.25) is 0 Å². The summed E-state index contributed by atoms with van der Waals surface area (Å²) in [6, 6.07) is 7.07. The molecule has 0 bridgehead atoms. The number of carbonyl (C=O) groups excluding carboxylic acids is 3. The fourth-order valence-corrected chi connectivity index (χ4v) is 4.48. The number of amides is 4. The standard InChI is InChI=1S/C20H22N4O3S/c1-13-21-16(12-28-13)14-4-6-15(7-5-14)22-17(25)8-11-24-18(26)20(23-19(24)27)9-2-3-10-20/h4-7,12H,2-3,8-11H2,1H3,(H,22,25)(H,23,27). The number of nitrogens with zero attached hydrogens (tertiary/aromatic N) is 2. The molecule has 1 aliphatic heterocycles. The van der Waals surface area contributed by atoms with Crippen LogP contribution in [0.5, 0.6) is 0 Å². The lowest BCUT2D eigenvalue weighted by Gasteiger charge is -2.19. The van der Waals surface area contributed by atoms with Crippen LogP contribution in [0.25, 0.3) is 11.3 Å². The van der Waals surface area contributed by atoms with Crippen molar-refractivity contribution < 1.29 is 14.4 Å². The molecule has 1 spiro atoms. The summed E-state index contributed by atoms with van der Waals surface area (Å²) < 4.78 is 0. The van der Waals surface area contributed by atoms with E-state index in [0.29, 0.717) is 18.5 Å². The van der Waals surface area contributed by atoms with E-state index >= 15 is 0 Å². The lowest BCUT2D eigenvalue weighted by Crippen LogP contribution is -2.44. The van der Waals surface area contributed by atoms with Gasteiger partial charge in [-0.2, -0.15) is 0 Å². The van der Waals surface area contributed by atoms with Crippen molar-refractivity contribution in [2.24, 2.45) is 0 Å². The van der Waals surface area contributed by atoms with Crippen molar-refractivity contribution >= 4 is 34.9 Å². The molecule has 2 heterocycles. The number of benzene rings is 1. The topological polar surface area (TPSA) is 91.4 Å². The molecule has 0 atom stereocenters. The zero-order chi connectivity index (χ0) is 19.7. The monoisotopic (exact) mass is 398 g/mol. The van der Waals surface area contributed by atoms with Crippen molar-refractivity contribution in [1.29, 1.82) is 0 Å². The SMILES string of the molecule is Cc1nc(-c2ccc(NC(=O)CCN3C(=O)NC4(CCCC4)C3=O)cc2)cs1. The van der Waals surface area contributed by atoms with E-state index in [1.165, 1.54) is 4.90 Å². The quantitative estimate of drug-likeness (QED) is 0.756. The fourth-order valence-electron chi connectivity index (χ4n) is 3.85. The molecule has 2 aliphatic rings. The van der Waals surface area contributed by atoms with E-state index in [-0.39, 0.29) is 30.8 Å². The summed E-state index contributed by atoms with van der Waals surface area (Å²) in [6.07, 6.45) is 3.33. The van der Waals surface area contributed by atoms with Gasteiger partial charge in [-0.3, -0.25) is 14.5 Å². The number of hydrogen-bond acceptors (Lipinski definition) is 5. The Balaban J connectivity index is 1.32. The van der Waals surface area contributed by atoms with Gasteiger partial charge in [-0.25, -0.2) is 9.78 Å². The highest BCUT2D eigenvalue weighted by Crippen LogP contribution is 2.35. The van der Waals surface area contributed by atoms with Gasteiger partial charge in [-0.1, -0.05) is 25.0 Å². The van der Waals surface area contributed by atoms with Gasteiger partial charge in [0.05, 0.1) is 10.7 Å². The second kappa shape index (κ2) is 7.35. The molecule has 4 rings (SSSR count). The molecule has 1 aromatic heterocycles. The van der Waals surface area contributed by atoms with Crippen LogP contribution >= 0.6 is 11.3 Å². The minimum absolute atomic E-state index is 0.0717. The first-order valence-electron chi connectivity index (χ1n) is 9.43. The smallest absolute Gasteiger partial charge is 0.325 e. The highest BCUT2D eigenvalue weighted by Gasteiger charge is 2.52. The lowest BCUT2D eigenvalue weighted by molar-refractivity contribution is -0.131. The summed E-state index contributed by atoms with van der Waals surface area (Å²) in [5.74, 6) is -0.420. The average Bonchev–Trinajstić information content (AvgIpc) is 3.37. The van der Waals surface area contributed by atoms with Crippen LogP contribution in [0.4, 0.5) is 10.5 Å². The molecule has 8 heteroatoms. The van der Waals surface area contributed by atoms with Gasteiger partial charge in [0.25, 0.3) is 5.91 Å². The normalized spacial score (nSPS) is 18.0. The number of urea groups is 1. The number of aromatic nitrogens is 1. The number of aryl methyl sites for hydroxylation is 1. The molecule has 1 aliphatic carbocycles. The number of imide groups is 1. The molecule has 1 aromatic carbocycles. The van der Waals surface area contributed by atoms with E-state index < -0.39 is 5.54 Å². The number of hydrogen-bond donors (Lipinski definition) is 2. The highest BCUT2D eigenvalue weighted by molar-refractivity contribution is 7.09. The molecule has 1 saturated carbocycles. The van der Waals surface area contributed by atoms with Crippen molar-refractivity contribution in [2.45, 2.75) is 44.6 Å². The van der Waals surface area contributed by atoms with Gasteiger partial charge in [0.2, 0.25) is 5.91 Å². The Morgan fingerprint density at radius 2 is 1.96 bits per heavy atom. The second-order valence-electron chi connectivity index (χ2n) is 7.30. The molecule has 2 aromatic rings. The van der Waals surface area contributed by atoms with Crippen molar-refractivity contribution in [3.8, 4) is 11.3 Å². The Bertz CT molecular complexity index is 916. The second-order valence-corrected chi connectivity index (χ2v) is 8.37. The molecular formula is C20H22N4O3S. The zero-order valence-electron chi connectivity index (χ0n) is 15.7. The van der Waals surface area contributed by atoms with Gasteiger partial charge >= 0.3 is 6.03 Å². The van der Waals surface area contributed by atoms with E-state index in [4.69, 9.17) is 0 Å². The van der Waals surface area contributed by atoms with Crippen LogP contribution in [0, 0.1) is 6.92 Å². The first kappa shape index (κ1) is 18.6. The number of anilines is 1. The molecule has 2 fully saturated rings. The van der Waals surface area contributed by atoms with Crippen LogP contribution in [0.1, 0.15) is 37.1 Å². The van der Waals surface area contributed by atoms with Crippen LogP contribution in [-0.4, -0.2) is 39.8 Å². The van der Waals surface area contributed by atoms with Crippen molar-refractivity contribution in [1.82, 2.24) is 15.2 Å². The third kappa shape index (κ3) is 3.52. The van der Waals surface area contributed by atoms with Gasteiger partial charge < -0.3 is 10.6 Å². The van der Waals surface area contributed by atoms with E-state index in [1.807, 2.05) is 36.6 Å². The first-order chi connectivity index (χ1) is 13.5. The molecule has 28 heavy (non-hydrogen) atoms. The maximum Gasteiger partial charge on any atom is 0.325 e. The predicted octanol–water partition coefficient (Wildman–Crippen LogP) is 3.31. The van der Waals surface area contributed by atoms with Crippen LogP contribution < -0.4 is 10.6 Å². The van der Waals surface area contributed by atoms with Crippen molar-refractivity contribution in [2.75, 3.05) is 11.9 Å². The summed E-state index contributed by atoms with van der Waals surface area (Å²) in [5.41, 5.74) is 1.85. The van der Waals surface area contributed by atoms with Crippen molar-refractivity contribution in [3.63, 3.8) is 0 Å². The number of nitrogens with one attached hydrogen (secondary N) is 2. The van der Waals surface area contributed by atoms with E-state index in [9.17, 15) is 14.4 Å². The van der Waals surface area contributed by atoms with E-state index in [2.05, 4.69) is 15.6 Å². The van der Waals surface area contributed by atoms with E-state index in [0.717, 1.165) is 29.1 Å². The maximum atomic E-state index is 12.6. The van der Waals surface area contributed by atoms with Crippen LogP contribution in [-0.2, 0) is 9.59 Å². The Morgan fingerprint density at radius 3 is 2.61 bits per heavy atom. The van der Waals surface area contributed by atoms with Crippen LogP contribution in [0.15, 0.2) is 29.6 Å². The van der Waals surface area contributed by atoms with Gasteiger partial charge in [0.15, 0.2) is 0 Å². The van der Waals surface area contributed by atoms with E-state index in [1.54, 1.807) is 11.3 Å². The number of thiazole rings is 1. The Kier molecular flexibility index (Phi) is 4.89. The molecule has 146 valence electrons. The van der Waals surface area contributed by atoms with Gasteiger partial charge in [0.1, 0.15) is 5.54 Å². The predicted molar refractivity (Wildman–Crippen MR) is 107 cm³/mol. The third-order valence-corrected chi connectivity index (χ3v) is 6.12. The van der Waals surface area contributed by atoms with Crippen molar-refractivity contribution in [3.05, 3.63) is 34.7 Å². The third-order valence-electron chi connectivity index (χ3n) is 5.35. The maximum absolute atomic E-state index is 12.6. The number of carbonyl (C=O) groups is 3. The Labute approximate surface area is 167 Å². The highest BCUT2D eigenvalue weighted by atomic mass is 32.1. The summed E-state index contributed by atoms with van der Waals surface area (Å²) in [6.45, 7) is 2.05.